The highest BCUT2D eigenvalue weighted by molar-refractivity contribution is 5.78. The molecule has 236 valence electrons. The summed E-state index contributed by atoms with van der Waals surface area (Å²) in [5.74, 6) is 1.39. The molecule has 45 heavy (non-hydrogen) atoms. The summed E-state index contributed by atoms with van der Waals surface area (Å²) in [6, 6.07) is 32.6. The number of hydrogen-bond donors (Lipinski definition) is 3. The fraction of sp³-hybridized carbons (Fsp3) is 0.278. The topological polar surface area (TPSA) is 118 Å². The maximum atomic E-state index is 11.3. The zero-order valence-electron chi connectivity index (χ0n) is 25.6. The van der Waals surface area contributed by atoms with Crippen molar-refractivity contribution in [2.24, 2.45) is 0 Å². The Balaban J connectivity index is 0.000000276. The SMILES string of the molecule is CCC(=O)NC(CO)c1ccccc1.CCOC(Cc1ccc(OCCN2c3ccccc3Oc3ccccc32)cc1)C(=O)O. The van der Waals surface area contributed by atoms with Crippen molar-refractivity contribution in [1.29, 1.82) is 0 Å². The Hall–Kier alpha value is -4.86. The Bertz CT molecular complexity index is 1470. The summed E-state index contributed by atoms with van der Waals surface area (Å²) >= 11 is 0. The lowest BCUT2D eigenvalue weighted by Gasteiger charge is -2.32. The highest BCUT2D eigenvalue weighted by Gasteiger charge is 2.23. The van der Waals surface area contributed by atoms with E-state index >= 15 is 0 Å². The second-order valence-corrected chi connectivity index (χ2v) is 10.2. The molecule has 0 radical (unpaired) electrons. The number of ether oxygens (including phenoxy) is 3. The highest BCUT2D eigenvalue weighted by Crippen LogP contribution is 2.45. The van der Waals surface area contributed by atoms with Gasteiger partial charge in [-0.3, -0.25) is 4.79 Å². The molecule has 2 atom stereocenters. The monoisotopic (exact) mass is 612 g/mol. The van der Waals surface area contributed by atoms with Crippen molar-refractivity contribution >= 4 is 23.3 Å². The summed E-state index contributed by atoms with van der Waals surface area (Å²) in [6.07, 6.45) is -0.0769. The number of carbonyl (C=O) groups excluding carboxylic acids is 1. The minimum Gasteiger partial charge on any atom is -0.492 e. The first-order valence-corrected chi connectivity index (χ1v) is 15.1. The first-order valence-electron chi connectivity index (χ1n) is 15.1. The zero-order valence-corrected chi connectivity index (χ0v) is 25.6. The molecule has 0 spiro atoms. The number of anilines is 2. The number of nitrogens with zero attached hydrogens (tertiary/aromatic N) is 1. The van der Waals surface area contributed by atoms with Gasteiger partial charge < -0.3 is 34.6 Å². The lowest BCUT2D eigenvalue weighted by Crippen LogP contribution is -2.29. The molecule has 4 aromatic carbocycles. The molecule has 1 aliphatic heterocycles. The Morgan fingerprint density at radius 2 is 1.44 bits per heavy atom. The zero-order chi connectivity index (χ0) is 32.0. The molecule has 9 heteroatoms. The van der Waals surface area contributed by atoms with Crippen molar-refractivity contribution < 1.29 is 34.0 Å². The molecule has 5 rings (SSSR count). The molecule has 0 saturated carbocycles. The second-order valence-electron chi connectivity index (χ2n) is 10.2. The third kappa shape index (κ3) is 9.31. The van der Waals surface area contributed by atoms with Crippen LogP contribution >= 0.6 is 0 Å². The van der Waals surface area contributed by atoms with Crippen LogP contribution < -0.4 is 19.7 Å². The van der Waals surface area contributed by atoms with Gasteiger partial charge in [-0.05, 0) is 54.4 Å². The van der Waals surface area contributed by atoms with E-state index in [1.54, 1.807) is 13.8 Å². The summed E-state index contributed by atoms with van der Waals surface area (Å²) < 4.78 is 17.3. The maximum Gasteiger partial charge on any atom is 0.333 e. The van der Waals surface area contributed by atoms with E-state index < -0.39 is 12.1 Å². The average molecular weight is 613 g/mol. The number of aliphatic hydroxyl groups excluding tert-OH is 1. The first kappa shape index (κ1) is 33.0. The molecule has 0 aliphatic carbocycles. The van der Waals surface area contributed by atoms with Crippen molar-refractivity contribution in [3.8, 4) is 17.2 Å². The van der Waals surface area contributed by atoms with E-state index in [0.29, 0.717) is 32.6 Å². The molecular weight excluding hydrogens is 572 g/mol. The minimum absolute atomic E-state index is 0.0482. The Kier molecular flexibility index (Phi) is 12.4. The Morgan fingerprint density at radius 3 is 2.00 bits per heavy atom. The van der Waals surface area contributed by atoms with Gasteiger partial charge in [-0.2, -0.15) is 0 Å². The van der Waals surface area contributed by atoms with E-state index in [9.17, 15) is 14.7 Å². The molecule has 3 N–H and O–H groups in total. The van der Waals surface area contributed by atoms with E-state index in [4.69, 9.17) is 19.3 Å². The van der Waals surface area contributed by atoms with Gasteiger partial charge >= 0.3 is 5.97 Å². The predicted molar refractivity (Wildman–Crippen MR) is 173 cm³/mol. The number of aliphatic carboxylic acids is 1. The summed E-state index contributed by atoms with van der Waals surface area (Å²) in [4.78, 5) is 24.6. The molecule has 9 nitrogen and oxygen atoms in total. The van der Waals surface area contributed by atoms with Gasteiger partial charge in [0.1, 0.15) is 12.4 Å². The van der Waals surface area contributed by atoms with Crippen molar-refractivity contribution in [3.05, 3.63) is 114 Å². The molecule has 0 bridgehead atoms. The molecule has 1 aliphatic rings. The molecule has 1 heterocycles. The number of fused-ring (bicyclic) bond motifs is 2. The van der Waals surface area contributed by atoms with Crippen LogP contribution in [-0.4, -0.2) is 54.6 Å². The summed E-state index contributed by atoms with van der Waals surface area (Å²) in [7, 11) is 0. The van der Waals surface area contributed by atoms with Crippen molar-refractivity contribution in [3.63, 3.8) is 0 Å². The van der Waals surface area contributed by atoms with Gasteiger partial charge in [0.25, 0.3) is 0 Å². The van der Waals surface area contributed by atoms with Crippen LogP contribution in [0.3, 0.4) is 0 Å². The molecule has 0 fully saturated rings. The average Bonchev–Trinajstić information content (AvgIpc) is 3.08. The van der Waals surface area contributed by atoms with Crippen LogP contribution in [0.5, 0.6) is 17.2 Å². The number of hydrogen-bond acceptors (Lipinski definition) is 7. The number of nitrogens with one attached hydrogen (secondary N) is 1. The number of aliphatic hydroxyl groups is 1. The van der Waals surface area contributed by atoms with Gasteiger partial charge in [0.2, 0.25) is 5.91 Å². The Morgan fingerprint density at radius 1 is 0.844 bits per heavy atom. The molecule has 1 amide bonds. The fourth-order valence-electron chi connectivity index (χ4n) is 4.85. The normalized spacial score (nSPS) is 12.7. The van der Waals surface area contributed by atoms with Crippen molar-refractivity contribution in [2.75, 3.05) is 31.3 Å². The summed E-state index contributed by atoms with van der Waals surface area (Å²) in [5.41, 5.74) is 3.84. The van der Waals surface area contributed by atoms with Gasteiger partial charge in [0.05, 0.1) is 30.6 Å². The van der Waals surface area contributed by atoms with E-state index in [-0.39, 0.29) is 18.6 Å². The largest absolute Gasteiger partial charge is 0.492 e. The number of benzene rings is 4. The fourth-order valence-corrected chi connectivity index (χ4v) is 4.85. The second kappa shape index (κ2) is 16.8. The molecule has 2 unspecified atom stereocenters. The van der Waals surface area contributed by atoms with Gasteiger partial charge in [0, 0.05) is 19.4 Å². The molecule has 0 saturated heterocycles. The van der Waals surface area contributed by atoms with Crippen LogP contribution in [0.1, 0.15) is 37.4 Å². The van der Waals surface area contributed by atoms with E-state index in [0.717, 1.165) is 39.8 Å². The number of rotatable bonds is 13. The van der Waals surface area contributed by atoms with E-state index in [1.807, 2.05) is 103 Å². The summed E-state index contributed by atoms with van der Waals surface area (Å²) in [6.45, 7) is 5.01. The van der Waals surface area contributed by atoms with Crippen LogP contribution in [0.2, 0.25) is 0 Å². The van der Waals surface area contributed by atoms with Crippen LogP contribution in [0.4, 0.5) is 11.4 Å². The van der Waals surface area contributed by atoms with Gasteiger partial charge in [0.15, 0.2) is 17.6 Å². The minimum atomic E-state index is -0.951. The predicted octanol–water partition coefficient (Wildman–Crippen LogP) is 6.29. The third-order valence-corrected chi connectivity index (χ3v) is 7.14. The van der Waals surface area contributed by atoms with Crippen molar-refractivity contribution in [2.45, 2.75) is 38.8 Å². The van der Waals surface area contributed by atoms with Crippen LogP contribution in [0.15, 0.2) is 103 Å². The third-order valence-electron chi connectivity index (χ3n) is 7.14. The first-order chi connectivity index (χ1) is 21.9. The van der Waals surface area contributed by atoms with Crippen molar-refractivity contribution in [1.82, 2.24) is 5.32 Å². The summed E-state index contributed by atoms with van der Waals surface area (Å²) in [5, 5.41) is 21.1. The number of carboxylic acids is 1. The number of amides is 1. The highest BCUT2D eigenvalue weighted by atomic mass is 16.5. The van der Waals surface area contributed by atoms with Crippen LogP contribution in [0.25, 0.3) is 0 Å². The quantitative estimate of drug-likeness (QED) is 0.161. The lowest BCUT2D eigenvalue weighted by atomic mass is 10.1. The van der Waals surface area contributed by atoms with E-state index in [2.05, 4.69) is 10.2 Å². The van der Waals surface area contributed by atoms with Gasteiger partial charge in [-0.25, -0.2) is 4.79 Å². The number of carbonyl (C=O) groups is 2. The molecular formula is C36H40N2O7. The number of carboxylic acid groups (broad SMARTS) is 1. The lowest BCUT2D eigenvalue weighted by molar-refractivity contribution is -0.150. The van der Waals surface area contributed by atoms with Crippen LogP contribution in [-0.2, 0) is 20.7 Å². The van der Waals surface area contributed by atoms with E-state index in [1.165, 1.54) is 0 Å². The smallest absolute Gasteiger partial charge is 0.333 e. The maximum absolute atomic E-state index is 11.3. The number of para-hydroxylation sites is 4. The van der Waals surface area contributed by atoms with Gasteiger partial charge in [-0.1, -0.05) is 73.7 Å². The Labute approximate surface area is 264 Å². The standard InChI is InChI=1S/C25H25NO5.C11H15NO2/c1-2-29-24(25(27)28)17-18-11-13-19(14-12-18)30-16-15-26-20-7-3-5-9-22(20)31-23-10-6-4-8-21(23)26;1-2-11(14)12-10(8-13)9-6-4-3-5-7-9/h3-14,24H,2,15-17H2,1H3,(H,27,28);3-7,10,13H,2,8H2,1H3,(H,12,14). The molecule has 0 aromatic heterocycles. The molecule has 4 aromatic rings. The van der Waals surface area contributed by atoms with Gasteiger partial charge in [-0.15, -0.1) is 0 Å². The van der Waals surface area contributed by atoms with Crippen LogP contribution in [0, 0.1) is 0 Å².